The molecule has 0 saturated carbocycles. The zero-order valence-electron chi connectivity index (χ0n) is 17.2. The topological polar surface area (TPSA) is 54.5 Å². The van der Waals surface area contributed by atoms with Crippen LogP contribution in [0.15, 0.2) is 29.3 Å². The molecule has 0 atom stereocenters. The molecule has 2 heterocycles. The molecular weight excluding hydrogens is 434 g/mol. The molecule has 1 fully saturated rings. The second-order valence-corrected chi connectivity index (χ2v) is 8.25. The van der Waals surface area contributed by atoms with Gasteiger partial charge in [-0.3, -0.25) is 4.79 Å². The van der Waals surface area contributed by atoms with E-state index in [0.717, 1.165) is 11.9 Å². The number of hydrogen-bond acceptors (Lipinski definition) is 5. The van der Waals surface area contributed by atoms with Crippen LogP contribution in [0.25, 0.3) is 0 Å². The molecule has 0 bridgehead atoms. The Bertz CT molecular complexity index is 947. The van der Waals surface area contributed by atoms with Crippen LogP contribution in [0.5, 0.6) is 0 Å². The predicted molar refractivity (Wildman–Crippen MR) is 111 cm³/mol. The summed E-state index contributed by atoms with van der Waals surface area (Å²) < 4.78 is 58.1. The number of halogens is 4. The number of nitrogens with zero attached hydrogens (tertiary/aromatic N) is 2. The SMILES string of the molecule is CCSc1nc(N2CCOCC2)cc(C)c1C(=O)NCc1cc(C(F)(F)F)ccc1F. The van der Waals surface area contributed by atoms with Crippen LogP contribution in [-0.2, 0) is 17.5 Å². The van der Waals surface area contributed by atoms with Gasteiger partial charge in [0.2, 0.25) is 0 Å². The quantitative estimate of drug-likeness (QED) is 0.514. The molecule has 2 aromatic rings. The maximum absolute atomic E-state index is 14.0. The number of rotatable bonds is 6. The fourth-order valence-corrected chi connectivity index (χ4v) is 4.08. The predicted octanol–water partition coefficient (Wildman–Crippen LogP) is 4.43. The maximum atomic E-state index is 14.0. The summed E-state index contributed by atoms with van der Waals surface area (Å²) in [6.07, 6.45) is -4.59. The summed E-state index contributed by atoms with van der Waals surface area (Å²) in [5.41, 5.74) is -0.165. The summed E-state index contributed by atoms with van der Waals surface area (Å²) in [5.74, 6) is 0.110. The number of alkyl halides is 3. The van der Waals surface area contributed by atoms with Gasteiger partial charge in [-0.1, -0.05) is 6.92 Å². The zero-order chi connectivity index (χ0) is 22.6. The lowest BCUT2D eigenvalue weighted by Crippen LogP contribution is -2.37. The normalized spacial score (nSPS) is 14.6. The van der Waals surface area contributed by atoms with E-state index in [4.69, 9.17) is 4.74 Å². The van der Waals surface area contributed by atoms with Crippen LogP contribution in [-0.4, -0.2) is 42.9 Å². The van der Waals surface area contributed by atoms with E-state index in [-0.39, 0.29) is 12.1 Å². The largest absolute Gasteiger partial charge is 0.416 e. The van der Waals surface area contributed by atoms with Crippen molar-refractivity contribution < 1.29 is 27.1 Å². The Kier molecular flexibility index (Phi) is 7.42. The van der Waals surface area contributed by atoms with E-state index in [2.05, 4.69) is 15.2 Å². The summed E-state index contributed by atoms with van der Waals surface area (Å²) in [6.45, 7) is 5.94. The Balaban J connectivity index is 1.82. The van der Waals surface area contributed by atoms with Gasteiger partial charge in [-0.15, -0.1) is 11.8 Å². The monoisotopic (exact) mass is 457 g/mol. The van der Waals surface area contributed by atoms with E-state index in [1.165, 1.54) is 11.8 Å². The standard InChI is InChI=1S/C21H23F4N3O2S/c1-3-31-20-18(13(2)10-17(27-20)28-6-8-30-9-7-28)19(29)26-12-14-11-15(21(23,24)25)4-5-16(14)22/h4-5,10-11H,3,6-9,12H2,1-2H3,(H,26,29). The smallest absolute Gasteiger partial charge is 0.378 e. The lowest BCUT2D eigenvalue weighted by molar-refractivity contribution is -0.137. The van der Waals surface area contributed by atoms with Crippen LogP contribution in [0.4, 0.5) is 23.4 Å². The van der Waals surface area contributed by atoms with Crippen molar-refractivity contribution in [2.24, 2.45) is 0 Å². The molecule has 0 radical (unpaired) electrons. The first-order valence-corrected chi connectivity index (χ1v) is 10.8. The van der Waals surface area contributed by atoms with Gasteiger partial charge < -0.3 is 15.0 Å². The highest BCUT2D eigenvalue weighted by Crippen LogP contribution is 2.31. The average Bonchev–Trinajstić information content (AvgIpc) is 2.72. The Morgan fingerprint density at radius 3 is 2.61 bits per heavy atom. The fraction of sp³-hybridized carbons (Fsp3) is 0.429. The lowest BCUT2D eigenvalue weighted by Gasteiger charge is -2.28. The van der Waals surface area contributed by atoms with Crippen molar-refractivity contribution >= 4 is 23.5 Å². The van der Waals surface area contributed by atoms with Crippen molar-refractivity contribution in [1.29, 1.82) is 0 Å². The van der Waals surface area contributed by atoms with Crippen LogP contribution in [0.1, 0.15) is 34.0 Å². The fourth-order valence-electron chi connectivity index (χ4n) is 3.25. The number of amides is 1. The van der Waals surface area contributed by atoms with Crippen molar-refractivity contribution in [3.8, 4) is 0 Å². The molecule has 0 unspecified atom stereocenters. The molecule has 1 aromatic heterocycles. The van der Waals surface area contributed by atoms with Crippen LogP contribution < -0.4 is 10.2 Å². The summed E-state index contributed by atoms with van der Waals surface area (Å²) in [7, 11) is 0. The number of carbonyl (C=O) groups excluding carboxylic acids is 1. The number of anilines is 1. The van der Waals surface area contributed by atoms with Gasteiger partial charge in [-0.05, 0) is 42.5 Å². The highest BCUT2D eigenvalue weighted by Gasteiger charge is 2.31. The number of aryl methyl sites for hydroxylation is 1. The minimum atomic E-state index is -4.59. The van der Waals surface area contributed by atoms with Gasteiger partial charge >= 0.3 is 6.18 Å². The third kappa shape index (κ3) is 5.68. The van der Waals surface area contributed by atoms with Gasteiger partial charge in [0.15, 0.2) is 0 Å². The molecule has 0 spiro atoms. The van der Waals surface area contributed by atoms with Crippen molar-refractivity contribution in [2.45, 2.75) is 31.6 Å². The Morgan fingerprint density at radius 2 is 1.97 bits per heavy atom. The third-order valence-electron chi connectivity index (χ3n) is 4.83. The number of thioether (sulfide) groups is 1. The minimum absolute atomic E-state index is 0.233. The Labute approximate surface area is 182 Å². The number of hydrogen-bond donors (Lipinski definition) is 1. The van der Waals surface area contributed by atoms with E-state index in [1.807, 2.05) is 13.0 Å². The van der Waals surface area contributed by atoms with Gasteiger partial charge in [0.25, 0.3) is 5.91 Å². The molecule has 0 aliphatic carbocycles. The number of benzene rings is 1. The molecule has 1 aliphatic rings. The van der Waals surface area contributed by atoms with Crippen LogP contribution in [0.3, 0.4) is 0 Å². The molecule has 1 N–H and O–H groups in total. The van der Waals surface area contributed by atoms with Crippen molar-refractivity contribution in [2.75, 3.05) is 37.0 Å². The van der Waals surface area contributed by atoms with E-state index in [1.54, 1.807) is 6.92 Å². The van der Waals surface area contributed by atoms with E-state index in [0.29, 0.717) is 60.3 Å². The van der Waals surface area contributed by atoms with Crippen LogP contribution in [0.2, 0.25) is 0 Å². The lowest BCUT2D eigenvalue weighted by atomic mass is 10.1. The molecule has 168 valence electrons. The van der Waals surface area contributed by atoms with Crippen molar-refractivity contribution in [3.05, 3.63) is 52.3 Å². The summed E-state index contributed by atoms with van der Waals surface area (Å²) >= 11 is 1.40. The highest BCUT2D eigenvalue weighted by molar-refractivity contribution is 7.99. The molecule has 5 nitrogen and oxygen atoms in total. The molecular formula is C21H23F4N3O2S. The number of nitrogens with one attached hydrogen (secondary N) is 1. The number of ether oxygens (including phenoxy) is 1. The van der Waals surface area contributed by atoms with Crippen LogP contribution >= 0.6 is 11.8 Å². The summed E-state index contributed by atoms with van der Waals surface area (Å²) in [5, 5.41) is 3.07. The molecule has 1 amide bonds. The number of pyridine rings is 1. The van der Waals surface area contributed by atoms with Gasteiger partial charge in [-0.2, -0.15) is 13.2 Å². The molecule has 31 heavy (non-hydrogen) atoms. The molecule has 10 heteroatoms. The van der Waals surface area contributed by atoms with E-state index >= 15 is 0 Å². The molecule has 1 saturated heterocycles. The van der Waals surface area contributed by atoms with Gasteiger partial charge in [-0.25, -0.2) is 9.37 Å². The molecule has 3 rings (SSSR count). The first-order valence-electron chi connectivity index (χ1n) is 9.81. The second kappa shape index (κ2) is 9.86. The number of carbonyl (C=O) groups is 1. The molecule has 1 aromatic carbocycles. The van der Waals surface area contributed by atoms with Crippen LogP contribution in [0, 0.1) is 12.7 Å². The van der Waals surface area contributed by atoms with Gasteiger partial charge in [0.05, 0.1) is 24.3 Å². The Morgan fingerprint density at radius 1 is 1.26 bits per heavy atom. The van der Waals surface area contributed by atoms with Crippen molar-refractivity contribution in [3.63, 3.8) is 0 Å². The third-order valence-corrected chi connectivity index (χ3v) is 5.68. The summed E-state index contributed by atoms with van der Waals surface area (Å²) in [6, 6.07) is 3.95. The molecule has 1 aliphatic heterocycles. The minimum Gasteiger partial charge on any atom is -0.378 e. The average molecular weight is 457 g/mol. The first-order chi connectivity index (χ1) is 14.7. The summed E-state index contributed by atoms with van der Waals surface area (Å²) in [4.78, 5) is 19.6. The van der Waals surface area contributed by atoms with Gasteiger partial charge in [0.1, 0.15) is 16.7 Å². The second-order valence-electron chi connectivity index (χ2n) is 7.00. The van der Waals surface area contributed by atoms with Crippen molar-refractivity contribution in [1.82, 2.24) is 10.3 Å². The highest BCUT2D eigenvalue weighted by atomic mass is 32.2. The Hall–Kier alpha value is -2.33. The van der Waals surface area contributed by atoms with E-state index in [9.17, 15) is 22.4 Å². The maximum Gasteiger partial charge on any atom is 0.416 e. The van der Waals surface area contributed by atoms with Gasteiger partial charge in [0, 0.05) is 25.2 Å². The first kappa shape index (κ1) is 23.3. The number of morpholine rings is 1. The zero-order valence-corrected chi connectivity index (χ0v) is 18.0. The number of aromatic nitrogens is 1. The van der Waals surface area contributed by atoms with E-state index < -0.39 is 23.5 Å².